The van der Waals surface area contributed by atoms with E-state index in [0.717, 1.165) is 22.7 Å². The molecule has 0 bridgehead atoms. The zero-order valence-corrected chi connectivity index (χ0v) is 19.8. The molecule has 1 N–H and O–H groups in total. The lowest BCUT2D eigenvalue weighted by atomic mass is 10.1. The van der Waals surface area contributed by atoms with E-state index in [-0.39, 0.29) is 5.56 Å². The minimum Gasteiger partial charge on any atom is -0.489 e. The summed E-state index contributed by atoms with van der Waals surface area (Å²) >= 11 is 0. The molecule has 0 aliphatic carbocycles. The van der Waals surface area contributed by atoms with Gasteiger partial charge in [-0.3, -0.25) is 9.59 Å². The third kappa shape index (κ3) is 6.02. The Hall–Kier alpha value is -4.33. The third-order valence-corrected chi connectivity index (χ3v) is 5.61. The number of hydrogen-bond donors (Lipinski definition) is 1. The molecule has 8 heteroatoms. The van der Waals surface area contributed by atoms with Crippen molar-refractivity contribution in [1.82, 2.24) is 9.78 Å². The first kappa shape index (κ1) is 24.8. The molecule has 1 atom stereocenters. The Balaban J connectivity index is 1.49. The van der Waals surface area contributed by atoms with Gasteiger partial charge in [0.15, 0.2) is 0 Å². The van der Waals surface area contributed by atoms with Gasteiger partial charge in [0, 0.05) is 29.8 Å². The number of carbonyl (C=O) groups is 1. The van der Waals surface area contributed by atoms with Crippen molar-refractivity contribution in [3.05, 3.63) is 112 Å². The first-order valence-electron chi connectivity index (χ1n) is 11.4. The SMILES string of the molecule is CC(C(=O)Nc1ccc(C(C)(F)F)cc1)n1nc(-c2cccc(OCc3ccccc3)c2)ccc1=O. The fourth-order valence-electron chi connectivity index (χ4n) is 3.55. The highest BCUT2D eigenvalue weighted by Crippen LogP contribution is 2.28. The molecule has 6 nitrogen and oxygen atoms in total. The summed E-state index contributed by atoms with van der Waals surface area (Å²) in [5.41, 5.74) is 1.99. The Morgan fingerprint density at radius 3 is 2.42 bits per heavy atom. The van der Waals surface area contributed by atoms with Gasteiger partial charge in [-0.05, 0) is 42.8 Å². The van der Waals surface area contributed by atoms with E-state index in [1.54, 1.807) is 13.0 Å². The van der Waals surface area contributed by atoms with Crippen LogP contribution in [0.5, 0.6) is 5.75 Å². The van der Waals surface area contributed by atoms with Gasteiger partial charge >= 0.3 is 0 Å². The first-order chi connectivity index (χ1) is 17.2. The van der Waals surface area contributed by atoms with Gasteiger partial charge in [-0.15, -0.1) is 0 Å². The van der Waals surface area contributed by atoms with Gasteiger partial charge in [0.05, 0.1) is 5.69 Å². The number of nitrogens with one attached hydrogen (secondary N) is 1. The van der Waals surface area contributed by atoms with Crippen molar-refractivity contribution < 1.29 is 18.3 Å². The Labute approximate surface area is 207 Å². The monoisotopic (exact) mass is 489 g/mol. The quantitative estimate of drug-likeness (QED) is 0.340. The maximum Gasteiger partial charge on any atom is 0.270 e. The van der Waals surface area contributed by atoms with Crippen LogP contribution in [-0.4, -0.2) is 15.7 Å². The molecule has 4 rings (SSSR count). The fraction of sp³-hybridized carbons (Fsp3) is 0.179. The second-order valence-corrected chi connectivity index (χ2v) is 8.43. The van der Waals surface area contributed by atoms with E-state index in [4.69, 9.17) is 4.74 Å². The summed E-state index contributed by atoms with van der Waals surface area (Å²) in [5, 5.41) is 7.04. The summed E-state index contributed by atoms with van der Waals surface area (Å²) < 4.78 is 33.8. The van der Waals surface area contributed by atoms with Crippen molar-refractivity contribution in [2.75, 3.05) is 5.32 Å². The standard InChI is InChI=1S/C28H25F2N3O3/c1-19(27(35)31-23-13-11-22(12-14-23)28(2,29)30)33-26(34)16-15-25(32-33)21-9-6-10-24(17-21)36-18-20-7-4-3-5-8-20/h3-17,19H,18H2,1-2H3,(H,31,35). The van der Waals surface area contributed by atoms with Crippen LogP contribution in [-0.2, 0) is 17.3 Å². The molecular formula is C28H25F2N3O3. The number of amides is 1. The molecule has 3 aromatic carbocycles. The number of aromatic nitrogens is 2. The molecule has 1 aromatic heterocycles. The van der Waals surface area contributed by atoms with E-state index in [1.165, 1.54) is 30.3 Å². The number of carbonyl (C=O) groups excluding carboxylic acids is 1. The minimum absolute atomic E-state index is 0.158. The summed E-state index contributed by atoms with van der Waals surface area (Å²) in [5.74, 6) is -2.84. The third-order valence-electron chi connectivity index (χ3n) is 5.61. The molecule has 0 saturated carbocycles. The number of anilines is 1. The largest absolute Gasteiger partial charge is 0.489 e. The number of nitrogens with zero attached hydrogens (tertiary/aromatic N) is 2. The van der Waals surface area contributed by atoms with Crippen LogP contribution in [0.2, 0.25) is 0 Å². The van der Waals surface area contributed by atoms with Crippen molar-refractivity contribution in [3.63, 3.8) is 0 Å². The van der Waals surface area contributed by atoms with Crippen molar-refractivity contribution in [1.29, 1.82) is 0 Å². The lowest BCUT2D eigenvalue weighted by Crippen LogP contribution is -2.33. The smallest absolute Gasteiger partial charge is 0.270 e. The molecule has 4 aromatic rings. The van der Waals surface area contributed by atoms with Crippen molar-refractivity contribution >= 4 is 11.6 Å². The highest BCUT2D eigenvalue weighted by Gasteiger charge is 2.24. The Bertz CT molecular complexity index is 1400. The lowest BCUT2D eigenvalue weighted by Gasteiger charge is -2.16. The number of alkyl halides is 2. The Kier molecular flexibility index (Phi) is 7.24. The molecule has 0 aliphatic heterocycles. The molecule has 1 heterocycles. The Morgan fingerprint density at radius 1 is 1.00 bits per heavy atom. The van der Waals surface area contributed by atoms with Gasteiger partial charge in [0.1, 0.15) is 18.4 Å². The fourth-order valence-corrected chi connectivity index (χ4v) is 3.55. The van der Waals surface area contributed by atoms with E-state index >= 15 is 0 Å². The lowest BCUT2D eigenvalue weighted by molar-refractivity contribution is -0.119. The summed E-state index contributed by atoms with van der Waals surface area (Å²) in [6, 6.07) is 24.4. The number of benzene rings is 3. The molecule has 0 spiro atoms. The molecule has 0 saturated heterocycles. The Morgan fingerprint density at radius 2 is 1.72 bits per heavy atom. The number of rotatable bonds is 8. The normalized spacial score (nSPS) is 12.1. The van der Waals surface area contributed by atoms with Gasteiger partial charge in [-0.1, -0.05) is 54.6 Å². The predicted molar refractivity (Wildman–Crippen MR) is 134 cm³/mol. The van der Waals surface area contributed by atoms with Gasteiger partial charge in [0.2, 0.25) is 5.91 Å². The predicted octanol–water partition coefficient (Wildman–Crippen LogP) is 5.80. The number of ether oxygens (including phenoxy) is 1. The molecule has 184 valence electrons. The number of hydrogen-bond acceptors (Lipinski definition) is 4. The summed E-state index contributed by atoms with van der Waals surface area (Å²) in [6.07, 6.45) is 0. The van der Waals surface area contributed by atoms with Gasteiger partial charge in [-0.25, -0.2) is 13.5 Å². The minimum atomic E-state index is -2.97. The van der Waals surface area contributed by atoms with E-state index in [9.17, 15) is 18.4 Å². The van der Waals surface area contributed by atoms with Crippen molar-refractivity contribution in [2.24, 2.45) is 0 Å². The number of halogens is 2. The molecule has 0 fully saturated rings. The first-order valence-corrected chi connectivity index (χ1v) is 11.4. The van der Waals surface area contributed by atoms with E-state index in [1.807, 2.05) is 54.6 Å². The van der Waals surface area contributed by atoms with Gasteiger partial charge < -0.3 is 10.1 Å². The maximum atomic E-state index is 13.4. The second-order valence-electron chi connectivity index (χ2n) is 8.43. The molecule has 1 unspecified atom stereocenters. The molecule has 1 amide bonds. The maximum absolute atomic E-state index is 13.4. The molecule has 0 aliphatic rings. The topological polar surface area (TPSA) is 73.2 Å². The zero-order valence-electron chi connectivity index (χ0n) is 19.8. The van der Waals surface area contributed by atoms with Crippen molar-refractivity contribution in [3.8, 4) is 17.0 Å². The van der Waals surface area contributed by atoms with Crippen LogP contribution in [0.25, 0.3) is 11.3 Å². The van der Waals surface area contributed by atoms with E-state index < -0.39 is 23.4 Å². The van der Waals surface area contributed by atoms with Crippen LogP contribution in [0.3, 0.4) is 0 Å². The van der Waals surface area contributed by atoms with E-state index in [0.29, 0.717) is 23.7 Å². The van der Waals surface area contributed by atoms with Crippen LogP contribution >= 0.6 is 0 Å². The molecule has 0 radical (unpaired) electrons. The van der Waals surface area contributed by atoms with Crippen LogP contribution in [0.4, 0.5) is 14.5 Å². The average Bonchev–Trinajstić information content (AvgIpc) is 2.88. The highest BCUT2D eigenvalue weighted by atomic mass is 19.3. The summed E-state index contributed by atoms with van der Waals surface area (Å²) in [7, 11) is 0. The van der Waals surface area contributed by atoms with Gasteiger partial charge in [0.25, 0.3) is 11.5 Å². The van der Waals surface area contributed by atoms with Crippen LogP contribution in [0.15, 0.2) is 95.8 Å². The molecular weight excluding hydrogens is 464 g/mol. The van der Waals surface area contributed by atoms with E-state index in [2.05, 4.69) is 10.4 Å². The summed E-state index contributed by atoms with van der Waals surface area (Å²) in [6.45, 7) is 2.76. The highest BCUT2D eigenvalue weighted by molar-refractivity contribution is 5.93. The zero-order chi connectivity index (χ0) is 25.7. The average molecular weight is 490 g/mol. The van der Waals surface area contributed by atoms with Crippen LogP contribution in [0.1, 0.15) is 31.0 Å². The van der Waals surface area contributed by atoms with Crippen LogP contribution in [0, 0.1) is 0 Å². The summed E-state index contributed by atoms with van der Waals surface area (Å²) in [4.78, 5) is 25.3. The second kappa shape index (κ2) is 10.5. The van der Waals surface area contributed by atoms with Crippen molar-refractivity contribution in [2.45, 2.75) is 32.4 Å². The van der Waals surface area contributed by atoms with Gasteiger partial charge in [-0.2, -0.15) is 5.10 Å². The molecule has 36 heavy (non-hydrogen) atoms. The van der Waals surface area contributed by atoms with Crippen LogP contribution < -0.4 is 15.6 Å².